The number of carbonyl (C=O) groups is 1. The zero-order chi connectivity index (χ0) is 12.8. The van der Waals surface area contributed by atoms with Crippen LogP contribution in [0.15, 0.2) is 43.0 Å². The Morgan fingerprint density at radius 1 is 1.56 bits per heavy atom. The molecule has 90 valence electrons. The number of nitriles is 1. The molecule has 2 rings (SSSR count). The Morgan fingerprint density at radius 3 is 3.17 bits per heavy atom. The van der Waals surface area contributed by atoms with Gasteiger partial charge in [-0.3, -0.25) is 4.57 Å². The highest BCUT2D eigenvalue weighted by Crippen LogP contribution is 2.17. The molecule has 1 aromatic heterocycles. The zero-order valence-electron chi connectivity index (χ0n) is 9.41. The molecule has 1 aromatic carbocycles. The Balaban J connectivity index is 2.05. The molecule has 0 unspecified atom stereocenters. The van der Waals surface area contributed by atoms with Gasteiger partial charge in [-0.1, -0.05) is 6.07 Å². The van der Waals surface area contributed by atoms with Gasteiger partial charge in [-0.15, -0.1) is 0 Å². The molecule has 0 saturated heterocycles. The molecule has 0 bridgehead atoms. The summed E-state index contributed by atoms with van der Waals surface area (Å²) in [6, 6.07) is 8.38. The van der Waals surface area contributed by atoms with Crippen molar-refractivity contribution in [3.05, 3.63) is 43.0 Å². The van der Waals surface area contributed by atoms with Crippen molar-refractivity contribution in [3.8, 4) is 11.8 Å². The summed E-state index contributed by atoms with van der Waals surface area (Å²) in [6.45, 7) is -0.0288. The molecule has 6 heteroatoms. The number of nitrogens with zero attached hydrogens (tertiary/aromatic N) is 3. The summed E-state index contributed by atoms with van der Waals surface area (Å²) in [4.78, 5) is 15.5. The van der Waals surface area contributed by atoms with E-state index in [4.69, 9.17) is 10.00 Å². The number of nitrogens with one attached hydrogen (secondary N) is 1. The number of aromatic nitrogens is 2. The van der Waals surface area contributed by atoms with Crippen molar-refractivity contribution in [2.45, 2.75) is 0 Å². The summed E-state index contributed by atoms with van der Waals surface area (Å²) < 4.78 is 6.46. The van der Waals surface area contributed by atoms with Gasteiger partial charge in [-0.05, 0) is 12.1 Å². The van der Waals surface area contributed by atoms with E-state index in [0.29, 0.717) is 11.4 Å². The minimum absolute atomic E-state index is 0.0288. The van der Waals surface area contributed by atoms with Crippen molar-refractivity contribution >= 4 is 11.7 Å². The number of imidazole rings is 1. The molecule has 18 heavy (non-hydrogen) atoms. The first-order chi connectivity index (χ1) is 8.79. The van der Waals surface area contributed by atoms with Crippen LogP contribution in [0.1, 0.15) is 0 Å². The lowest BCUT2D eigenvalue weighted by atomic mass is 10.3. The van der Waals surface area contributed by atoms with E-state index in [1.54, 1.807) is 30.5 Å². The highest BCUT2D eigenvalue weighted by atomic mass is 16.5. The number of anilines is 1. The number of amides is 1. The lowest BCUT2D eigenvalue weighted by Crippen LogP contribution is -2.17. The summed E-state index contributed by atoms with van der Waals surface area (Å²) in [5, 5.41) is 11.1. The van der Waals surface area contributed by atoms with Gasteiger partial charge in [0.2, 0.25) is 0 Å². The van der Waals surface area contributed by atoms with Crippen LogP contribution in [0.2, 0.25) is 0 Å². The molecule has 0 fully saturated rings. The topological polar surface area (TPSA) is 79.9 Å². The van der Waals surface area contributed by atoms with Gasteiger partial charge in [-0.2, -0.15) is 5.26 Å². The fourth-order valence-corrected chi connectivity index (χ4v) is 1.35. The van der Waals surface area contributed by atoms with Crippen molar-refractivity contribution in [1.29, 1.82) is 5.26 Å². The maximum absolute atomic E-state index is 11.7. The van der Waals surface area contributed by atoms with Crippen molar-refractivity contribution in [2.75, 3.05) is 11.9 Å². The highest BCUT2D eigenvalue weighted by molar-refractivity contribution is 5.91. The number of carbonyl (C=O) groups excluding carboxylic acids is 1. The molecular weight excluding hydrogens is 232 g/mol. The Labute approximate surface area is 103 Å². The van der Waals surface area contributed by atoms with Gasteiger partial charge in [-0.25, -0.2) is 9.78 Å². The lowest BCUT2D eigenvalue weighted by Gasteiger charge is -2.07. The fourth-order valence-electron chi connectivity index (χ4n) is 1.35. The normalized spacial score (nSPS) is 9.50. The summed E-state index contributed by atoms with van der Waals surface area (Å²) in [6.07, 6.45) is 4.47. The van der Waals surface area contributed by atoms with Crippen LogP contribution in [0, 0.1) is 11.3 Å². The predicted molar refractivity (Wildman–Crippen MR) is 64.2 cm³/mol. The minimum Gasteiger partial charge on any atom is -0.479 e. The van der Waals surface area contributed by atoms with E-state index in [0.717, 1.165) is 0 Å². The van der Waals surface area contributed by atoms with E-state index in [-0.39, 0.29) is 12.6 Å². The average Bonchev–Trinajstić information content (AvgIpc) is 2.91. The SMILES string of the molecule is N#CCOc1cccc(NC(=O)n2ccnc2)c1. The van der Waals surface area contributed by atoms with Gasteiger partial charge in [0, 0.05) is 24.1 Å². The second kappa shape index (κ2) is 5.50. The van der Waals surface area contributed by atoms with Crippen LogP contribution in [0.5, 0.6) is 5.75 Å². The van der Waals surface area contributed by atoms with Crippen molar-refractivity contribution < 1.29 is 9.53 Å². The average molecular weight is 242 g/mol. The highest BCUT2D eigenvalue weighted by Gasteiger charge is 2.04. The van der Waals surface area contributed by atoms with Gasteiger partial charge in [0.05, 0.1) is 0 Å². The molecule has 6 nitrogen and oxygen atoms in total. The molecule has 1 heterocycles. The molecule has 0 saturated carbocycles. The summed E-state index contributed by atoms with van der Waals surface area (Å²) in [5.74, 6) is 0.528. The molecule has 2 aromatic rings. The number of rotatable bonds is 3. The van der Waals surface area contributed by atoms with Crippen LogP contribution in [0.3, 0.4) is 0 Å². The first-order valence-corrected chi connectivity index (χ1v) is 5.19. The van der Waals surface area contributed by atoms with Crippen LogP contribution in [-0.2, 0) is 0 Å². The minimum atomic E-state index is -0.315. The number of benzene rings is 1. The van der Waals surface area contributed by atoms with Gasteiger partial charge >= 0.3 is 6.03 Å². The summed E-state index contributed by atoms with van der Waals surface area (Å²) in [5.41, 5.74) is 0.587. The first kappa shape index (κ1) is 11.7. The van der Waals surface area contributed by atoms with Gasteiger partial charge in [0.25, 0.3) is 0 Å². The fraction of sp³-hybridized carbons (Fsp3) is 0.0833. The third-order valence-electron chi connectivity index (χ3n) is 2.13. The maximum atomic E-state index is 11.7. The van der Waals surface area contributed by atoms with E-state index in [1.807, 2.05) is 6.07 Å². The molecular formula is C12H10N4O2. The zero-order valence-corrected chi connectivity index (χ0v) is 9.41. The Bertz CT molecular complexity index is 572. The lowest BCUT2D eigenvalue weighted by molar-refractivity contribution is 0.253. The smallest absolute Gasteiger partial charge is 0.331 e. The molecule has 0 aliphatic carbocycles. The molecule has 0 radical (unpaired) electrons. The largest absolute Gasteiger partial charge is 0.479 e. The summed E-state index contributed by atoms with van der Waals surface area (Å²) >= 11 is 0. The number of ether oxygens (including phenoxy) is 1. The predicted octanol–water partition coefficient (Wildman–Crippen LogP) is 1.87. The standard InChI is InChI=1S/C12H10N4O2/c13-4-7-18-11-3-1-2-10(8-11)15-12(17)16-6-5-14-9-16/h1-3,5-6,8-9H,7H2,(H,15,17). The molecule has 0 spiro atoms. The number of hydrogen-bond donors (Lipinski definition) is 1. The van der Waals surface area contributed by atoms with Crippen molar-refractivity contribution in [2.24, 2.45) is 0 Å². The van der Waals surface area contributed by atoms with Crippen LogP contribution in [0.25, 0.3) is 0 Å². The van der Waals surface area contributed by atoms with Crippen LogP contribution in [-0.4, -0.2) is 22.2 Å². The Morgan fingerprint density at radius 2 is 2.44 bits per heavy atom. The van der Waals surface area contributed by atoms with Crippen molar-refractivity contribution in [3.63, 3.8) is 0 Å². The molecule has 0 aliphatic heterocycles. The molecule has 0 atom stereocenters. The van der Waals surface area contributed by atoms with Crippen LogP contribution < -0.4 is 10.1 Å². The molecule has 0 aliphatic rings. The van der Waals surface area contributed by atoms with Crippen molar-refractivity contribution in [1.82, 2.24) is 9.55 Å². The third-order valence-corrected chi connectivity index (χ3v) is 2.13. The molecule has 1 amide bonds. The second-order valence-corrected chi connectivity index (χ2v) is 3.37. The summed E-state index contributed by atoms with van der Waals surface area (Å²) in [7, 11) is 0. The van der Waals surface area contributed by atoms with E-state index >= 15 is 0 Å². The van der Waals surface area contributed by atoms with E-state index in [2.05, 4.69) is 10.3 Å². The monoisotopic (exact) mass is 242 g/mol. The maximum Gasteiger partial charge on any atom is 0.331 e. The van der Waals surface area contributed by atoms with Crippen LogP contribution >= 0.6 is 0 Å². The van der Waals surface area contributed by atoms with E-state index < -0.39 is 0 Å². The van der Waals surface area contributed by atoms with Crippen LogP contribution in [0.4, 0.5) is 10.5 Å². The second-order valence-electron chi connectivity index (χ2n) is 3.37. The third kappa shape index (κ3) is 2.86. The van der Waals surface area contributed by atoms with Gasteiger partial charge < -0.3 is 10.1 Å². The first-order valence-electron chi connectivity index (χ1n) is 5.19. The molecule has 1 N–H and O–H groups in total. The quantitative estimate of drug-likeness (QED) is 0.890. The van der Waals surface area contributed by atoms with Gasteiger partial charge in [0.15, 0.2) is 6.61 Å². The Hall–Kier alpha value is -2.81. The number of hydrogen-bond acceptors (Lipinski definition) is 4. The Kier molecular flexibility index (Phi) is 3.56. The van der Waals surface area contributed by atoms with Gasteiger partial charge in [0.1, 0.15) is 18.1 Å². The van der Waals surface area contributed by atoms with E-state index in [1.165, 1.54) is 17.1 Å². The van der Waals surface area contributed by atoms with E-state index in [9.17, 15) is 4.79 Å².